The largest absolute Gasteiger partial charge is 0.344 e. The van der Waals surface area contributed by atoms with Crippen molar-refractivity contribution in [1.29, 1.82) is 0 Å². The molecule has 9 nitrogen and oxygen atoms in total. The Labute approximate surface area is 186 Å². The van der Waals surface area contributed by atoms with Gasteiger partial charge in [-0.25, -0.2) is 13.2 Å². The third-order valence-electron chi connectivity index (χ3n) is 5.96. The molecule has 0 radical (unpaired) electrons. The average Bonchev–Trinajstić information content (AvgIpc) is 3.03. The van der Waals surface area contributed by atoms with Crippen LogP contribution >= 0.6 is 0 Å². The van der Waals surface area contributed by atoms with Crippen molar-refractivity contribution in [3.63, 3.8) is 0 Å². The minimum absolute atomic E-state index is 0.0118. The van der Waals surface area contributed by atoms with E-state index in [1.54, 1.807) is 30.3 Å². The molecule has 0 atom stereocenters. The predicted molar refractivity (Wildman–Crippen MR) is 117 cm³/mol. The van der Waals surface area contributed by atoms with E-state index in [0.29, 0.717) is 23.5 Å². The number of carbonyl (C=O) groups excluding carboxylic acids is 3. The number of rotatable bonds is 5. The van der Waals surface area contributed by atoms with E-state index in [-0.39, 0.29) is 10.5 Å². The van der Waals surface area contributed by atoms with Gasteiger partial charge in [0.1, 0.15) is 5.54 Å². The summed E-state index contributed by atoms with van der Waals surface area (Å²) >= 11 is 0. The summed E-state index contributed by atoms with van der Waals surface area (Å²) in [5.74, 6) is -1.23. The normalized spacial score (nSPS) is 17.8. The van der Waals surface area contributed by atoms with Gasteiger partial charge in [0, 0.05) is 12.6 Å². The molecular weight excluding hydrogens is 432 g/mol. The quantitative estimate of drug-likeness (QED) is 0.671. The first-order chi connectivity index (χ1) is 15.2. The summed E-state index contributed by atoms with van der Waals surface area (Å²) in [4.78, 5) is 37.9. The van der Waals surface area contributed by atoms with Crippen molar-refractivity contribution in [2.24, 2.45) is 0 Å². The van der Waals surface area contributed by atoms with E-state index in [1.165, 1.54) is 31.3 Å². The third kappa shape index (κ3) is 3.81. The minimum atomic E-state index is -3.93. The van der Waals surface area contributed by atoms with Crippen LogP contribution in [0.15, 0.2) is 59.5 Å². The molecule has 0 aromatic heterocycles. The fourth-order valence-corrected chi connectivity index (χ4v) is 5.36. The second kappa shape index (κ2) is 8.27. The number of hydrazine groups is 1. The van der Waals surface area contributed by atoms with Crippen molar-refractivity contribution in [1.82, 2.24) is 15.8 Å². The zero-order chi connectivity index (χ0) is 22.9. The molecule has 1 heterocycles. The lowest BCUT2D eigenvalue weighted by molar-refractivity contribution is -0.134. The molecule has 2 aliphatic rings. The van der Waals surface area contributed by atoms with Gasteiger partial charge < -0.3 is 5.32 Å². The molecule has 1 aliphatic carbocycles. The number of imide groups is 1. The highest BCUT2D eigenvalue weighted by Gasteiger charge is 2.52. The highest BCUT2D eigenvalue weighted by Crippen LogP contribution is 2.33. The highest BCUT2D eigenvalue weighted by molar-refractivity contribution is 7.92. The van der Waals surface area contributed by atoms with Crippen molar-refractivity contribution in [2.45, 2.75) is 42.5 Å². The van der Waals surface area contributed by atoms with Crippen LogP contribution < -0.4 is 15.0 Å². The molecule has 4 rings (SSSR count). The second-order valence-corrected chi connectivity index (χ2v) is 9.96. The van der Waals surface area contributed by atoms with Crippen LogP contribution in [0.1, 0.15) is 42.5 Å². The van der Waals surface area contributed by atoms with Crippen molar-refractivity contribution in [3.8, 4) is 0 Å². The molecule has 32 heavy (non-hydrogen) atoms. The summed E-state index contributed by atoms with van der Waals surface area (Å²) in [5.41, 5.74) is 1.85. The maximum atomic E-state index is 13.0. The first-order valence-electron chi connectivity index (χ1n) is 10.4. The van der Waals surface area contributed by atoms with E-state index < -0.39 is 33.4 Å². The number of amides is 4. The molecule has 0 bridgehead atoms. The number of sulfonamides is 1. The Balaban J connectivity index is 1.54. The smallest absolute Gasteiger partial charge is 0.322 e. The van der Waals surface area contributed by atoms with E-state index in [2.05, 4.69) is 10.7 Å². The second-order valence-electron chi connectivity index (χ2n) is 7.99. The Bertz CT molecular complexity index is 1160. The van der Waals surface area contributed by atoms with Gasteiger partial charge in [0.15, 0.2) is 0 Å². The zero-order valence-corrected chi connectivity index (χ0v) is 18.4. The first kappa shape index (κ1) is 21.8. The summed E-state index contributed by atoms with van der Waals surface area (Å²) in [5, 5.41) is 3.41. The monoisotopic (exact) mass is 456 g/mol. The Morgan fingerprint density at radius 2 is 1.72 bits per heavy atom. The lowest BCUT2D eigenvalue weighted by atomic mass is 9.82. The number of hydrogen-bond donors (Lipinski definition) is 2. The van der Waals surface area contributed by atoms with Gasteiger partial charge in [-0.3, -0.25) is 19.3 Å². The van der Waals surface area contributed by atoms with Crippen LogP contribution in [0.2, 0.25) is 0 Å². The first-order valence-corrected chi connectivity index (χ1v) is 11.8. The van der Waals surface area contributed by atoms with Gasteiger partial charge in [-0.15, -0.1) is 0 Å². The molecule has 1 saturated heterocycles. The van der Waals surface area contributed by atoms with E-state index >= 15 is 0 Å². The number of carbonyl (C=O) groups is 3. The van der Waals surface area contributed by atoms with Crippen molar-refractivity contribution in [3.05, 3.63) is 60.2 Å². The van der Waals surface area contributed by atoms with Crippen LogP contribution in [0.3, 0.4) is 0 Å². The topological polar surface area (TPSA) is 116 Å². The van der Waals surface area contributed by atoms with Gasteiger partial charge in [0.2, 0.25) is 0 Å². The summed E-state index contributed by atoms with van der Waals surface area (Å²) in [6, 6.07) is 13.3. The number of anilines is 1. The summed E-state index contributed by atoms with van der Waals surface area (Å²) < 4.78 is 27.2. The molecule has 2 aromatic carbocycles. The number of para-hydroxylation sites is 1. The molecule has 2 fully saturated rings. The predicted octanol–water partition coefficient (Wildman–Crippen LogP) is 2.41. The zero-order valence-electron chi connectivity index (χ0n) is 17.6. The lowest BCUT2D eigenvalue weighted by Crippen LogP contribution is -2.50. The Kier molecular flexibility index (Phi) is 5.64. The number of hydrogen-bond acceptors (Lipinski definition) is 5. The molecule has 0 unspecified atom stereocenters. The molecule has 4 amide bonds. The molecule has 168 valence electrons. The number of nitrogens with one attached hydrogen (secondary N) is 2. The molecule has 2 aromatic rings. The van der Waals surface area contributed by atoms with E-state index in [0.717, 1.165) is 23.6 Å². The van der Waals surface area contributed by atoms with Crippen LogP contribution in [0.5, 0.6) is 0 Å². The molecular formula is C22H24N4O5S. The summed E-state index contributed by atoms with van der Waals surface area (Å²) in [6.07, 6.45) is 3.70. The molecule has 1 spiro atoms. The Morgan fingerprint density at radius 1 is 1.03 bits per heavy atom. The standard InChI is InChI=1S/C22H24N4O5S/c1-25(17-10-4-2-5-11-17)32(30,31)18-12-8-9-16(15-18)19(27)24-26-20(28)22(23-21(26)29)13-6-3-7-14-22/h2,4-5,8-12,15H,3,6-7,13-14H2,1H3,(H,23,29)(H,24,27). The maximum absolute atomic E-state index is 13.0. The summed E-state index contributed by atoms with van der Waals surface area (Å²) in [6.45, 7) is 0. The third-order valence-corrected chi connectivity index (χ3v) is 7.74. The SMILES string of the molecule is CN(c1ccccc1)S(=O)(=O)c1cccc(C(=O)NN2C(=O)NC3(CCCCC3)C2=O)c1. The van der Waals surface area contributed by atoms with Gasteiger partial charge in [-0.2, -0.15) is 5.01 Å². The van der Waals surface area contributed by atoms with E-state index in [9.17, 15) is 22.8 Å². The van der Waals surface area contributed by atoms with Gasteiger partial charge in [0.05, 0.1) is 10.6 Å². The van der Waals surface area contributed by atoms with Gasteiger partial charge in [-0.05, 0) is 43.2 Å². The van der Waals surface area contributed by atoms with Gasteiger partial charge in [-0.1, -0.05) is 43.5 Å². The molecule has 1 saturated carbocycles. The highest BCUT2D eigenvalue weighted by atomic mass is 32.2. The number of urea groups is 1. The number of nitrogens with zero attached hydrogens (tertiary/aromatic N) is 2. The fraction of sp³-hybridized carbons (Fsp3) is 0.318. The van der Waals surface area contributed by atoms with Gasteiger partial charge in [0.25, 0.3) is 21.8 Å². The Morgan fingerprint density at radius 3 is 2.41 bits per heavy atom. The van der Waals surface area contributed by atoms with Crippen LogP contribution in [-0.2, 0) is 14.8 Å². The fourth-order valence-electron chi connectivity index (χ4n) is 4.11. The van der Waals surface area contributed by atoms with Crippen LogP contribution in [-0.4, -0.2) is 43.9 Å². The van der Waals surface area contributed by atoms with Crippen molar-refractivity contribution in [2.75, 3.05) is 11.4 Å². The number of benzene rings is 2. The van der Waals surface area contributed by atoms with Gasteiger partial charge >= 0.3 is 6.03 Å². The van der Waals surface area contributed by atoms with Crippen LogP contribution in [0, 0.1) is 0 Å². The molecule has 2 N–H and O–H groups in total. The maximum Gasteiger partial charge on any atom is 0.344 e. The van der Waals surface area contributed by atoms with Crippen molar-refractivity contribution >= 4 is 33.6 Å². The van der Waals surface area contributed by atoms with E-state index in [4.69, 9.17) is 0 Å². The molecule has 10 heteroatoms. The average molecular weight is 457 g/mol. The van der Waals surface area contributed by atoms with Crippen molar-refractivity contribution < 1.29 is 22.8 Å². The minimum Gasteiger partial charge on any atom is -0.322 e. The Hall–Kier alpha value is -3.40. The molecule has 1 aliphatic heterocycles. The van der Waals surface area contributed by atoms with Crippen LogP contribution in [0.25, 0.3) is 0 Å². The van der Waals surface area contributed by atoms with E-state index in [1.807, 2.05) is 0 Å². The lowest BCUT2D eigenvalue weighted by Gasteiger charge is -2.30. The van der Waals surface area contributed by atoms with Crippen LogP contribution in [0.4, 0.5) is 10.5 Å². The summed E-state index contributed by atoms with van der Waals surface area (Å²) in [7, 11) is -2.50.